The number of amides is 1. The lowest BCUT2D eigenvalue weighted by atomic mass is 10.1. The van der Waals surface area contributed by atoms with E-state index in [0.29, 0.717) is 31.3 Å². The Hall–Kier alpha value is -2.89. The molecule has 0 bridgehead atoms. The van der Waals surface area contributed by atoms with Crippen molar-refractivity contribution >= 4 is 16.9 Å². The van der Waals surface area contributed by atoms with E-state index in [4.69, 9.17) is 4.74 Å². The van der Waals surface area contributed by atoms with Crippen LogP contribution >= 0.6 is 0 Å². The molecular weight excluding hydrogens is 345 g/mol. The quantitative estimate of drug-likeness (QED) is 0.699. The summed E-state index contributed by atoms with van der Waals surface area (Å²) in [5, 5.41) is 2.96. The van der Waals surface area contributed by atoms with Gasteiger partial charge in [-0.3, -0.25) is 4.79 Å². The zero-order chi connectivity index (χ0) is 18.8. The monoisotopic (exact) mass is 367 g/mol. The summed E-state index contributed by atoms with van der Waals surface area (Å²) in [6.45, 7) is 2.57. The zero-order valence-electron chi connectivity index (χ0n) is 15.2. The molecule has 2 aromatic carbocycles. The molecule has 140 valence electrons. The van der Waals surface area contributed by atoms with Gasteiger partial charge in [-0.2, -0.15) is 0 Å². The molecule has 1 aromatic heterocycles. The summed E-state index contributed by atoms with van der Waals surface area (Å²) in [4.78, 5) is 19.6. The number of ether oxygens (including phenoxy) is 1. The number of H-pyrrole nitrogens is 1. The molecule has 2 N–H and O–H groups in total. The highest BCUT2D eigenvalue weighted by Gasteiger charge is 2.18. The van der Waals surface area contributed by atoms with E-state index >= 15 is 0 Å². The fourth-order valence-electron chi connectivity index (χ4n) is 3.44. The summed E-state index contributed by atoms with van der Waals surface area (Å²) >= 11 is 0. The maximum atomic E-state index is 13.2. The Kier molecular flexibility index (Phi) is 4.79. The van der Waals surface area contributed by atoms with Gasteiger partial charge < -0.3 is 15.0 Å². The van der Waals surface area contributed by atoms with Crippen molar-refractivity contribution in [1.82, 2.24) is 15.3 Å². The van der Waals surface area contributed by atoms with Crippen LogP contribution in [0.4, 0.5) is 4.39 Å². The first-order valence-corrected chi connectivity index (χ1v) is 9.26. The smallest absolute Gasteiger partial charge is 0.220 e. The van der Waals surface area contributed by atoms with Crippen LogP contribution in [0.1, 0.15) is 36.7 Å². The minimum absolute atomic E-state index is 0.0160. The van der Waals surface area contributed by atoms with Crippen LogP contribution in [0.2, 0.25) is 0 Å². The molecule has 0 radical (unpaired) electrons. The highest BCUT2D eigenvalue weighted by atomic mass is 19.1. The molecule has 1 amide bonds. The number of benzene rings is 2. The normalized spacial score (nSPS) is 15.6. The predicted molar refractivity (Wildman–Crippen MR) is 101 cm³/mol. The van der Waals surface area contributed by atoms with Crippen LogP contribution < -0.4 is 10.1 Å². The molecule has 0 fully saturated rings. The van der Waals surface area contributed by atoms with E-state index in [1.807, 2.05) is 12.1 Å². The van der Waals surface area contributed by atoms with Gasteiger partial charge >= 0.3 is 0 Å². The zero-order valence-corrected chi connectivity index (χ0v) is 15.2. The van der Waals surface area contributed by atoms with Crippen molar-refractivity contribution in [3.05, 3.63) is 59.2 Å². The van der Waals surface area contributed by atoms with Crippen molar-refractivity contribution in [3.63, 3.8) is 0 Å². The Balaban J connectivity index is 1.24. The molecule has 0 spiro atoms. The van der Waals surface area contributed by atoms with Gasteiger partial charge in [-0.1, -0.05) is 12.1 Å². The van der Waals surface area contributed by atoms with E-state index in [1.165, 1.54) is 17.7 Å². The van der Waals surface area contributed by atoms with E-state index in [2.05, 4.69) is 28.3 Å². The molecule has 3 aromatic rings. The summed E-state index contributed by atoms with van der Waals surface area (Å²) in [5.41, 5.74) is 3.71. The summed E-state index contributed by atoms with van der Waals surface area (Å²) in [7, 11) is 0. The Morgan fingerprint density at radius 2 is 2.22 bits per heavy atom. The van der Waals surface area contributed by atoms with Crippen LogP contribution in [-0.2, 0) is 24.2 Å². The van der Waals surface area contributed by atoms with Crippen LogP contribution in [0.25, 0.3) is 11.0 Å². The lowest BCUT2D eigenvalue weighted by molar-refractivity contribution is -0.121. The molecule has 1 unspecified atom stereocenters. The number of halogens is 1. The first-order valence-electron chi connectivity index (χ1n) is 9.26. The van der Waals surface area contributed by atoms with E-state index in [9.17, 15) is 9.18 Å². The van der Waals surface area contributed by atoms with Crippen molar-refractivity contribution in [2.24, 2.45) is 0 Å². The SMILES string of the molecule is CC1Cc2cc(CNC(=O)CCCc3nc4ccc(F)cc4[nH]3)ccc2O1. The second-order valence-corrected chi connectivity index (χ2v) is 7.05. The van der Waals surface area contributed by atoms with Crippen molar-refractivity contribution in [1.29, 1.82) is 0 Å². The number of hydrogen-bond donors (Lipinski definition) is 2. The van der Waals surface area contributed by atoms with E-state index < -0.39 is 0 Å². The van der Waals surface area contributed by atoms with Gasteiger partial charge in [-0.25, -0.2) is 9.37 Å². The summed E-state index contributed by atoms with van der Waals surface area (Å²) in [6, 6.07) is 10.6. The first kappa shape index (κ1) is 17.5. The number of carbonyl (C=O) groups excluding carboxylic acids is 1. The van der Waals surface area contributed by atoms with E-state index in [1.54, 1.807) is 6.07 Å². The van der Waals surface area contributed by atoms with Crippen LogP contribution in [0, 0.1) is 5.82 Å². The average Bonchev–Trinajstić information content (AvgIpc) is 3.20. The van der Waals surface area contributed by atoms with Gasteiger partial charge in [-0.05, 0) is 48.7 Å². The van der Waals surface area contributed by atoms with Gasteiger partial charge in [0.1, 0.15) is 23.5 Å². The molecule has 6 heteroatoms. The number of aromatic amines is 1. The van der Waals surface area contributed by atoms with Crippen LogP contribution in [-0.4, -0.2) is 22.0 Å². The summed E-state index contributed by atoms with van der Waals surface area (Å²) in [5.74, 6) is 1.45. The minimum Gasteiger partial charge on any atom is -0.490 e. The van der Waals surface area contributed by atoms with Gasteiger partial charge in [0, 0.05) is 25.8 Å². The van der Waals surface area contributed by atoms with Gasteiger partial charge in [0.15, 0.2) is 0 Å². The molecule has 2 heterocycles. The summed E-state index contributed by atoms with van der Waals surface area (Å²) < 4.78 is 18.9. The number of aryl methyl sites for hydroxylation is 1. The number of nitrogens with zero attached hydrogens (tertiary/aromatic N) is 1. The fourth-order valence-corrected chi connectivity index (χ4v) is 3.44. The van der Waals surface area contributed by atoms with Gasteiger partial charge in [0.05, 0.1) is 11.0 Å². The Morgan fingerprint density at radius 3 is 3.11 bits per heavy atom. The molecular formula is C21H22FN3O2. The third-order valence-corrected chi connectivity index (χ3v) is 4.76. The molecule has 5 nitrogen and oxygen atoms in total. The van der Waals surface area contributed by atoms with E-state index in [-0.39, 0.29) is 17.8 Å². The van der Waals surface area contributed by atoms with Crippen LogP contribution in [0.15, 0.2) is 36.4 Å². The molecule has 1 aliphatic rings. The average molecular weight is 367 g/mol. The maximum absolute atomic E-state index is 13.2. The maximum Gasteiger partial charge on any atom is 0.220 e. The molecule has 27 heavy (non-hydrogen) atoms. The number of carbonyl (C=O) groups is 1. The second kappa shape index (κ2) is 7.39. The van der Waals surface area contributed by atoms with Crippen molar-refractivity contribution in [2.45, 2.75) is 45.3 Å². The molecule has 0 saturated heterocycles. The third-order valence-electron chi connectivity index (χ3n) is 4.76. The minimum atomic E-state index is -0.287. The second-order valence-electron chi connectivity index (χ2n) is 7.05. The summed E-state index contributed by atoms with van der Waals surface area (Å²) in [6.07, 6.45) is 2.90. The Morgan fingerprint density at radius 1 is 1.33 bits per heavy atom. The predicted octanol–water partition coefficient (Wildman–Crippen LogP) is 3.66. The van der Waals surface area contributed by atoms with E-state index in [0.717, 1.165) is 29.1 Å². The van der Waals surface area contributed by atoms with Crippen LogP contribution in [0.3, 0.4) is 0 Å². The molecule has 1 aliphatic heterocycles. The van der Waals surface area contributed by atoms with Gasteiger partial charge in [0.2, 0.25) is 5.91 Å². The van der Waals surface area contributed by atoms with Crippen molar-refractivity contribution < 1.29 is 13.9 Å². The number of hydrogen-bond acceptors (Lipinski definition) is 3. The number of imidazole rings is 1. The Labute approximate surface area is 157 Å². The Bertz CT molecular complexity index is 983. The molecule has 4 rings (SSSR count). The third kappa shape index (κ3) is 4.10. The van der Waals surface area contributed by atoms with Crippen molar-refractivity contribution in [2.75, 3.05) is 0 Å². The number of fused-ring (bicyclic) bond motifs is 2. The molecule has 0 saturated carbocycles. The molecule has 0 aliphatic carbocycles. The lowest BCUT2D eigenvalue weighted by Crippen LogP contribution is -2.22. The topological polar surface area (TPSA) is 67.0 Å². The highest BCUT2D eigenvalue weighted by Crippen LogP contribution is 2.29. The first-order chi connectivity index (χ1) is 13.1. The van der Waals surface area contributed by atoms with Gasteiger partial charge in [-0.15, -0.1) is 0 Å². The van der Waals surface area contributed by atoms with Crippen LogP contribution in [0.5, 0.6) is 5.75 Å². The number of aromatic nitrogens is 2. The standard InChI is InChI=1S/C21H22FN3O2/c1-13-9-15-10-14(5-8-19(15)27-13)12-23-21(26)4-2-3-20-24-17-7-6-16(22)11-18(17)25-20/h5-8,10-11,13H,2-4,9,12H2,1H3,(H,23,26)(H,24,25). The highest BCUT2D eigenvalue weighted by molar-refractivity contribution is 5.76. The largest absolute Gasteiger partial charge is 0.490 e. The molecule has 1 atom stereocenters. The van der Waals surface area contributed by atoms with Gasteiger partial charge in [0.25, 0.3) is 0 Å². The lowest BCUT2D eigenvalue weighted by Gasteiger charge is -2.07. The number of nitrogens with one attached hydrogen (secondary N) is 2. The fraction of sp³-hybridized carbons (Fsp3) is 0.333. The number of rotatable bonds is 6. The van der Waals surface area contributed by atoms with Crippen molar-refractivity contribution in [3.8, 4) is 5.75 Å².